The van der Waals surface area contributed by atoms with Gasteiger partial charge in [-0.15, -0.1) is 0 Å². The van der Waals surface area contributed by atoms with Crippen molar-refractivity contribution in [1.82, 2.24) is 4.57 Å². The molecule has 0 N–H and O–H groups in total. The number of hydrogen-bond donors (Lipinski definition) is 0. The van der Waals surface area contributed by atoms with E-state index in [1.807, 2.05) is 0 Å². The Balaban J connectivity index is 2.14. The second-order valence-corrected chi connectivity index (χ2v) is 4.57. The van der Waals surface area contributed by atoms with Gasteiger partial charge in [-0.3, -0.25) is 0 Å². The lowest BCUT2D eigenvalue weighted by atomic mass is 10.0. The molecule has 0 aliphatic heterocycles. The largest absolute Gasteiger partial charge is 0.351 e. The summed E-state index contributed by atoms with van der Waals surface area (Å²) < 4.78 is 2.15. The molecule has 0 aliphatic carbocycles. The second-order valence-electron chi connectivity index (χ2n) is 4.57. The molecule has 0 bridgehead atoms. The quantitative estimate of drug-likeness (QED) is 0.581. The predicted molar refractivity (Wildman–Crippen MR) is 73.1 cm³/mol. The Labute approximate surface area is 101 Å². The van der Waals surface area contributed by atoms with E-state index in [9.17, 15) is 0 Å². The van der Waals surface area contributed by atoms with Gasteiger partial charge in [0.05, 0.1) is 0 Å². The summed E-state index contributed by atoms with van der Waals surface area (Å²) >= 11 is 0. The number of aryl methyl sites for hydroxylation is 2. The number of fused-ring (bicyclic) bond motifs is 1. The van der Waals surface area contributed by atoms with Gasteiger partial charge < -0.3 is 4.57 Å². The van der Waals surface area contributed by atoms with Gasteiger partial charge in [0.15, 0.2) is 0 Å². The molecule has 1 aromatic heterocycles. The van der Waals surface area contributed by atoms with Crippen LogP contribution in [0.4, 0.5) is 0 Å². The predicted octanol–water partition coefficient (Wildman–Crippen LogP) is 4.15. The molecule has 1 nitrogen and oxygen atoms in total. The van der Waals surface area contributed by atoms with E-state index in [4.69, 9.17) is 0 Å². The highest BCUT2D eigenvalue weighted by Crippen LogP contribution is 2.24. The zero-order valence-corrected chi connectivity index (χ0v) is 10.1. The third-order valence-corrected chi connectivity index (χ3v) is 3.27. The van der Waals surface area contributed by atoms with Gasteiger partial charge >= 0.3 is 0 Å². The van der Waals surface area contributed by atoms with E-state index in [0.29, 0.717) is 0 Å². The SMILES string of the molecule is Cc1ccc(-c2ccc3c(ccn3C)c2)cc1. The van der Waals surface area contributed by atoms with Crippen LogP contribution in [-0.2, 0) is 7.05 Å². The molecule has 0 fully saturated rings. The van der Waals surface area contributed by atoms with E-state index in [1.165, 1.54) is 27.6 Å². The van der Waals surface area contributed by atoms with E-state index in [2.05, 4.69) is 73.3 Å². The Morgan fingerprint density at radius 3 is 2.29 bits per heavy atom. The summed E-state index contributed by atoms with van der Waals surface area (Å²) in [4.78, 5) is 0. The highest BCUT2D eigenvalue weighted by Gasteiger charge is 2.01. The van der Waals surface area contributed by atoms with Crippen molar-refractivity contribution in [1.29, 1.82) is 0 Å². The number of nitrogens with zero attached hydrogens (tertiary/aromatic N) is 1. The van der Waals surface area contributed by atoms with Gasteiger partial charge in [-0.25, -0.2) is 0 Å². The molecule has 0 spiro atoms. The average molecular weight is 221 g/mol. The molecule has 2 aromatic carbocycles. The van der Waals surface area contributed by atoms with Crippen LogP contribution >= 0.6 is 0 Å². The molecule has 1 heteroatoms. The van der Waals surface area contributed by atoms with Crippen LogP contribution in [0.2, 0.25) is 0 Å². The topological polar surface area (TPSA) is 4.93 Å². The molecule has 0 amide bonds. The highest BCUT2D eigenvalue weighted by molar-refractivity contribution is 5.85. The van der Waals surface area contributed by atoms with Crippen LogP contribution in [0.15, 0.2) is 54.7 Å². The van der Waals surface area contributed by atoms with Crippen molar-refractivity contribution in [3.8, 4) is 11.1 Å². The van der Waals surface area contributed by atoms with Crippen LogP contribution in [-0.4, -0.2) is 4.57 Å². The lowest BCUT2D eigenvalue weighted by Crippen LogP contribution is -1.84. The molecule has 0 atom stereocenters. The summed E-state index contributed by atoms with van der Waals surface area (Å²) in [7, 11) is 2.08. The van der Waals surface area contributed by atoms with E-state index in [-0.39, 0.29) is 0 Å². The minimum absolute atomic E-state index is 1.28. The van der Waals surface area contributed by atoms with Gasteiger partial charge in [-0.05, 0) is 36.2 Å². The third kappa shape index (κ3) is 1.74. The van der Waals surface area contributed by atoms with Gasteiger partial charge in [-0.2, -0.15) is 0 Å². The maximum absolute atomic E-state index is 2.25. The van der Waals surface area contributed by atoms with E-state index < -0.39 is 0 Å². The van der Waals surface area contributed by atoms with Gasteiger partial charge in [0.1, 0.15) is 0 Å². The summed E-state index contributed by atoms with van der Waals surface area (Å²) in [5, 5.41) is 1.30. The highest BCUT2D eigenvalue weighted by atomic mass is 14.9. The van der Waals surface area contributed by atoms with Crippen LogP contribution in [0, 0.1) is 6.92 Å². The van der Waals surface area contributed by atoms with Crippen LogP contribution in [0.1, 0.15) is 5.56 Å². The van der Waals surface area contributed by atoms with Crippen molar-refractivity contribution >= 4 is 10.9 Å². The van der Waals surface area contributed by atoms with Gasteiger partial charge in [0.2, 0.25) is 0 Å². The molecule has 3 aromatic rings. The van der Waals surface area contributed by atoms with Crippen molar-refractivity contribution < 1.29 is 0 Å². The van der Waals surface area contributed by atoms with Crippen molar-refractivity contribution in [2.45, 2.75) is 6.92 Å². The fraction of sp³-hybridized carbons (Fsp3) is 0.125. The fourth-order valence-electron chi connectivity index (χ4n) is 2.21. The average Bonchev–Trinajstić information content (AvgIpc) is 2.72. The standard InChI is InChI=1S/C16H15N/c1-12-3-5-13(6-4-12)14-7-8-16-15(11-14)9-10-17(16)2/h3-11H,1-2H3. The third-order valence-electron chi connectivity index (χ3n) is 3.27. The van der Waals surface area contributed by atoms with Crippen LogP contribution < -0.4 is 0 Å². The Bertz CT molecular complexity index is 660. The molecule has 1 heterocycles. The van der Waals surface area contributed by atoms with Crippen molar-refractivity contribution in [2.24, 2.45) is 7.05 Å². The molecular formula is C16H15N. The van der Waals surface area contributed by atoms with Crippen molar-refractivity contribution in [2.75, 3.05) is 0 Å². The summed E-state index contributed by atoms with van der Waals surface area (Å²) in [6.45, 7) is 2.12. The molecule has 17 heavy (non-hydrogen) atoms. The maximum atomic E-state index is 2.25. The molecule has 0 radical (unpaired) electrons. The zero-order chi connectivity index (χ0) is 11.8. The Kier molecular flexibility index (Phi) is 2.25. The Morgan fingerprint density at radius 1 is 0.824 bits per heavy atom. The minimum Gasteiger partial charge on any atom is -0.351 e. The van der Waals surface area contributed by atoms with Crippen molar-refractivity contribution in [3.05, 3.63) is 60.3 Å². The molecule has 0 saturated heterocycles. The normalized spacial score (nSPS) is 10.9. The summed E-state index contributed by atoms with van der Waals surface area (Å²) in [6.07, 6.45) is 2.10. The first kappa shape index (κ1) is 10.2. The lowest BCUT2D eigenvalue weighted by molar-refractivity contribution is 0.969. The number of rotatable bonds is 1. The summed E-state index contributed by atoms with van der Waals surface area (Å²) in [5.41, 5.74) is 5.14. The maximum Gasteiger partial charge on any atom is 0.0478 e. The molecular weight excluding hydrogens is 206 g/mol. The van der Waals surface area contributed by atoms with E-state index >= 15 is 0 Å². The second kappa shape index (κ2) is 3.77. The lowest BCUT2D eigenvalue weighted by Gasteiger charge is -2.03. The number of aromatic nitrogens is 1. The molecule has 0 saturated carbocycles. The van der Waals surface area contributed by atoms with E-state index in [0.717, 1.165) is 0 Å². The Morgan fingerprint density at radius 2 is 1.53 bits per heavy atom. The minimum atomic E-state index is 1.28. The van der Waals surface area contributed by atoms with Gasteiger partial charge in [0.25, 0.3) is 0 Å². The first-order valence-electron chi connectivity index (χ1n) is 5.86. The van der Waals surface area contributed by atoms with Gasteiger partial charge in [-0.1, -0.05) is 35.9 Å². The summed E-state index contributed by atoms with van der Waals surface area (Å²) in [6, 6.07) is 17.5. The number of hydrogen-bond acceptors (Lipinski definition) is 0. The first-order valence-corrected chi connectivity index (χ1v) is 5.86. The molecule has 0 aliphatic rings. The Hall–Kier alpha value is -2.02. The van der Waals surface area contributed by atoms with Crippen LogP contribution in [0.3, 0.4) is 0 Å². The van der Waals surface area contributed by atoms with Gasteiger partial charge in [0, 0.05) is 24.1 Å². The van der Waals surface area contributed by atoms with Crippen LogP contribution in [0.5, 0.6) is 0 Å². The van der Waals surface area contributed by atoms with E-state index in [1.54, 1.807) is 0 Å². The fourth-order valence-corrected chi connectivity index (χ4v) is 2.21. The van der Waals surface area contributed by atoms with Crippen molar-refractivity contribution in [3.63, 3.8) is 0 Å². The molecule has 0 unspecified atom stereocenters. The number of benzene rings is 2. The summed E-state index contributed by atoms with van der Waals surface area (Å²) in [5.74, 6) is 0. The molecule has 84 valence electrons. The molecule has 3 rings (SSSR count). The smallest absolute Gasteiger partial charge is 0.0478 e. The first-order chi connectivity index (χ1) is 8.24. The van der Waals surface area contributed by atoms with Crippen LogP contribution in [0.25, 0.3) is 22.0 Å². The zero-order valence-electron chi connectivity index (χ0n) is 10.1. The monoisotopic (exact) mass is 221 g/mol.